The molecule has 1 aliphatic heterocycles. The van der Waals surface area contributed by atoms with Crippen molar-refractivity contribution >= 4 is 43.2 Å². The van der Waals surface area contributed by atoms with Gasteiger partial charge >= 0.3 is 0 Å². The van der Waals surface area contributed by atoms with E-state index in [0.717, 1.165) is 13.1 Å². The summed E-state index contributed by atoms with van der Waals surface area (Å²) in [5.74, 6) is -0.497. The number of thiophene rings is 1. The van der Waals surface area contributed by atoms with Gasteiger partial charge in [-0.05, 0) is 19.1 Å². The molecule has 0 radical (unpaired) electrons. The highest BCUT2D eigenvalue weighted by Crippen LogP contribution is 2.27. The number of fused-ring (bicyclic) bond motifs is 1. The summed E-state index contributed by atoms with van der Waals surface area (Å²) in [6.07, 6.45) is 2.71. The van der Waals surface area contributed by atoms with Crippen LogP contribution in [-0.2, 0) is 21.3 Å². The fraction of sp³-hybridized carbons (Fsp3) is 0.368. The van der Waals surface area contributed by atoms with Gasteiger partial charge < -0.3 is 10.1 Å². The molecule has 1 aliphatic rings. The zero-order chi connectivity index (χ0) is 22.9. The van der Waals surface area contributed by atoms with Crippen LogP contribution in [-0.4, -0.2) is 66.6 Å². The average Bonchev–Trinajstić information content (AvgIpc) is 3.10. The summed E-state index contributed by atoms with van der Waals surface area (Å²) in [4.78, 5) is 37.6. The molecular weight excluding hydrogens is 456 g/mol. The number of rotatable bonds is 6. The number of nitrogens with two attached hydrogens (primary N) is 1. The number of morpholine rings is 1. The number of pyridine rings is 1. The molecule has 3 N–H and O–H groups in total. The first kappa shape index (κ1) is 22.5. The summed E-state index contributed by atoms with van der Waals surface area (Å²) >= 11 is 1.27. The zero-order valence-corrected chi connectivity index (χ0v) is 18.9. The highest BCUT2D eigenvalue weighted by atomic mass is 32.2. The second-order valence-corrected chi connectivity index (χ2v) is 10.0. The van der Waals surface area contributed by atoms with Gasteiger partial charge in [0.05, 0.1) is 42.4 Å². The Morgan fingerprint density at radius 2 is 2.00 bits per heavy atom. The van der Waals surface area contributed by atoms with Crippen LogP contribution in [0.3, 0.4) is 0 Å². The smallest absolute Gasteiger partial charge is 0.262 e. The number of nitrogens with zero attached hydrogens (tertiary/aromatic N) is 4. The van der Waals surface area contributed by atoms with Crippen LogP contribution in [0.15, 0.2) is 34.5 Å². The first-order chi connectivity index (χ1) is 15.2. The van der Waals surface area contributed by atoms with Crippen LogP contribution in [0.2, 0.25) is 0 Å². The Kier molecular flexibility index (Phi) is 6.35. The van der Waals surface area contributed by atoms with Crippen molar-refractivity contribution in [3.05, 3.63) is 45.5 Å². The minimum Gasteiger partial charge on any atom is -0.379 e. The Morgan fingerprint density at radius 3 is 2.66 bits per heavy atom. The molecule has 0 spiro atoms. The van der Waals surface area contributed by atoms with Crippen LogP contribution in [0.25, 0.3) is 10.2 Å². The van der Waals surface area contributed by atoms with Gasteiger partial charge in [0.15, 0.2) is 5.03 Å². The molecule has 4 rings (SSSR count). The van der Waals surface area contributed by atoms with Gasteiger partial charge in [-0.25, -0.2) is 23.5 Å². The largest absolute Gasteiger partial charge is 0.379 e. The first-order valence-electron chi connectivity index (χ1n) is 9.83. The van der Waals surface area contributed by atoms with E-state index in [9.17, 15) is 18.0 Å². The van der Waals surface area contributed by atoms with Crippen molar-refractivity contribution in [2.45, 2.75) is 18.5 Å². The highest BCUT2D eigenvalue weighted by molar-refractivity contribution is 7.89. The Labute approximate surface area is 187 Å². The van der Waals surface area contributed by atoms with Gasteiger partial charge in [-0.3, -0.25) is 19.1 Å². The van der Waals surface area contributed by atoms with E-state index in [-0.39, 0.29) is 27.2 Å². The van der Waals surface area contributed by atoms with Gasteiger partial charge in [0.25, 0.3) is 21.5 Å². The molecule has 0 bridgehead atoms. The lowest BCUT2D eigenvalue weighted by molar-refractivity contribution is 0.0362. The molecule has 1 amide bonds. The van der Waals surface area contributed by atoms with Crippen LogP contribution >= 0.6 is 11.3 Å². The minimum absolute atomic E-state index is 0.249. The van der Waals surface area contributed by atoms with Crippen LogP contribution in [0.1, 0.15) is 15.2 Å². The number of carbonyl (C=O) groups is 1. The van der Waals surface area contributed by atoms with Gasteiger partial charge in [-0.2, -0.15) is 0 Å². The fourth-order valence-electron chi connectivity index (χ4n) is 3.46. The summed E-state index contributed by atoms with van der Waals surface area (Å²) in [6.45, 7) is 5.86. The van der Waals surface area contributed by atoms with Gasteiger partial charge in [0, 0.05) is 31.1 Å². The Hall–Kier alpha value is -2.71. The number of aryl methyl sites for hydroxylation is 1. The van der Waals surface area contributed by atoms with E-state index in [0.29, 0.717) is 36.0 Å². The predicted octanol–water partition coefficient (Wildman–Crippen LogP) is 0.393. The minimum atomic E-state index is -3.94. The number of nitrogens with one attached hydrogen (secondary N) is 1. The van der Waals surface area contributed by atoms with Gasteiger partial charge in [-0.1, -0.05) is 0 Å². The lowest BCUT2D eigenvalue weighted by Crippen LogP contribution is -2.39. The van der Waals surface area contributed by atoms with Crippen LogP contribution < -0.4 is 16.0 Å². The number of primary sulfonamides is 1. The van der Waals surface area contributed by atoms with Gasteiger partial charge in [-0.15, -0.1) is 11.3 Å². The number of anilines is 1. The molecule has 0 aromatic carbocycles. The average molecular weight is 479 g/mol. The van der Waals surface area contributed by atoms with Crippen molar-refractivity contribution in [3.8, 4) is 0 Å². The standard InChI is InChI=1S/C19H22N6O5S2/c1-12-15(17(26)23-13-2-3-14(21-10-13)32(20,28)29)16-18(31-12)22-11-25(19(16)27)5-4-24-6-8-30-9-7-24/h2-3,10-11H,4-9H2,1H3,(H,23,26)(H2,20,28,29). The first-order valence-corrected chi connectivity index (χ1v) is 12.2. The second-order valence-electron chi connectivity index (χ2n) is 7.29. The maximum absolute atomic E-state index is 13.2. The summed E-state index contributed by atoms with van der Waals surface area (Å²) < 4.78 is 29.5. The van der Waals surface area contributed by atoms with Gasteiger partial charge in [0.2, 0.25) is 0 Å². The Morgan fingerprint density at radius 1 is 1.25 bits per heavy atom. The SMILES string of the molecule is Cc1sc2ncn(CCN3CCOCC3)c(=O)c2c1C(=O)Nc1ccc(S(N)(=O)=O)nc1. The lowest BCUT2D eigenvalue weighted by Gasteiger charge is -2.26. The highest BCUT2D eigenvalue weighted by Gasteiger charge is 2.22. The molecule has 0 aliphatic carbocycles. The van der Waals surface area contributed by atoms with E-state index >= 15 is 0 Å². The van der Waals surface area contributed by atoms with E-state index < -0.39 is 15.9 Å². The van der Waals surface area contributed by atoms with Crippen LogP contribution in [0, 0.1) is 6.92 Å². The monoisotopic (exact) mass is 478 g/mol. The second kappa shape index (κ2) is 9.03. The van der Waals surface area contributed by atoms with Crippen molar-refractivity contribution in [3.63, 3.8) is 0 Å². The molecule has 13 heteroatoms. The molecule has 3 aromatic heterocycles. The summed E-state index contributed by atoms with van der Waals surface area (Å²) in [5.41, 5.74) is 0.247. The van der Waals surface area contributed by atoms with E-state index in [1.165, 1.54) is 40.6 Å². The molecule has 1 fully saturated rings. The summed E-state index contributed by atoms with van der Waals surface area (Å²) in [7, 11) is -3.94. The number of ether oxygens (including phenoxy) is 1. The Bertz CT molecular complexity index is 1310. The van der Waals surface area contributed by atoms with Crippen molar-refractivity contribution in [1.82, 2.24) is 19.4 Å². The number of carbonyl (C=O) groups excluding carboxylic acids is 1. The van der Waals surface area contributed by atoms with E-state index in [1.54, 1.807) is 6.92 Å². The molecule has 11 nitrogen and oxygen atoms in total. The third-order valence-electron chi connectivity index (χ3n) is 5.13. The third kappa shape index (κ3) is 4.71. The number of aromatic nitrogens is 3. The number of sulfonamides is 1. The van der Waals surface area contributed by atoms with Crippen LogP contribution in [0.5, 0.6) is 0 Å². The predicted molar refractivity (Wildman–Crippen MR) is 119 cm³/mol. The third-order valence-corrected chi connectivity index (χ3v) is 6.97. The van der Waals surface area contributed by atoms with Gasteiger partial charge in [0.1, 0.15) is 4.83 Å². The Balaban J connectivity index is 1.59. The topological polar surface area (TPSA) is 150 Å². The quantitative estimate of drug-likeness (QED) is 0.517. The van der Waals surface area contributed by atoms with Crippen molar-refractivity contribution in [1.29, 1.82) is 0 Å². The number of amides is 1. The molecule has 0 unspecified atom stereocenters. The zero-order valence-electron chi connectivity index (χ0n) is 17.3. The lowest BCUT2D eigenvalue weighted by atomic mass is 10.1. The molecule has 32 heavy (non-hydrogen) atoms. The maximum Gasteiger partial charge on any atom is 0.262 e. The summed E-state index contributed by atoms with van der Waals surface area (Å²) in [5, 5.41) is 7.66. The van der Waals surface area contributed by atoms with Crippen LogP contribution in [0.4, 0.5) is 5.69 Å². The number of hydrogen-bond donors (Lipinski definition) is 2. The van der Waals surface area contributed by atoms with Crippen molar-refractivity contribution in [2.24, 2.45) is 5.14 Å². The van der Waals surface area contributed by atoms with E-state index in [1.807, 2.05) is 0 Å². The molecule has 0 atom stereocenters. The van der Waals surface area contributed by atoms with Crippen molar-refractivity contribution in [2.75, 3.05) is 38.2 Å². The molecule has 4 heterocycles. The number of hydrogen-bond acceptors (Lipinski definition) is 9. The summed E-state index contributed by atoms with van der Waals surface area (Å²) in [6, 6.07) is 2.58. The molecular formula is C19H22N6O5S2. The molecule has 0 saturated carbocycles. The molecule has 170 valence electrons. The van der Waals surface area contributed by atoms with Crippen molar-refractivity contribution < 1.29 is 17.9 Å². The molecule has 3 aromatic rings. The normalized spacial score (nSPS) is 15.2. The van der Waals surface area contributed by atoms with E-state index in [4.69, 9.17) is 9.88 Å². The fourth-order valence-corrected chi connectivity index (χ4v) is 4.90. The van der Waals surface area contributed by atoms with E-state index in [2.05, 4.69) is 20.2 Å². The molecule has 1 saturated heterocycles. The maximum atomic E-state index is 13.2.